The molecule has 0 spiro atoms. The molecule has 1 aromatic heterocycles. The van der Waals surface area contributed by atoms with Gasteiger partial charge in [0.15, 0.2) is 5.13 Å². The van der Waals surface area contributed by atoms with Gasteiger partial charge in [0, 0.05) is 29.1 Å². The maximum absolute atomic E-state index is 11.0. The Morgan fingerprint density at radius 1 is 0.974 bits per heavy atom. The average molecular weight is 525 g/mol. The molecule has 0 unspecified atom stereocenters. The van der Waals surface area contributed by atoms with Gasteiger partial charge in [-0.1, -0.05) is 79.9 Å². The minimum atomic E-state index is 0.291. The number of hydrogen-bond acceptors (Lipinski definition) is 5. The van der Waals surface area contributed by atoms with E-state index in [1.165, 1.54) is 43.2 Å². The highest BCUT2D eigenvalue weighted by molar-refractivity contribution is 7.14. The lowest BCUT2D eigenvalue weighted by atomic mass is 9.84. The molecule has 4 aromatic rings. The minimum Gasteiger partial charge on any atom is -0.489 e. The molecule has 1 fully saturated rings. The number of anilines is 1. The third-order valence-corrected chi connectivity index (χ3v) is 8.30. The number of carbonyl (C=O) groups excluding carboxylic acids is 1. The number of thiazole rings is 1. The highest BCUT2D eigenvalue weighted by Gasteiger charge is 2.17. The van der Waals surface area contributed by atoms with E-state index in [-0.39, 0.29) is 0 Å². The molecule has 0 N–H and O–H groups in total. The number of nitrogens with zero attached hydrogens (tertiary/aromatic N) is 2. The Kier molecular flexibility index (Phi) is 8.54. The van der Waals surface area contributed by atoms with Gasteiger partial charge in [-0.2, -0.15) is 0 Å². The summed E-state index contributed by atoms with van der Waals surface area (Å²) in [5, 5.41) is 3.10. The van der Waals surface area contributed by atoms with Crippen LogP contribution in [-0.2, 0) is 13.2 Å². The molecule has 0 radical (unpaired) electrons. The van der Waals surface area contributed by atoms with Gasteiger partial charge < -0.3 is 9.64 Å². The van der Waals surface area contributed by atoms with Crippen molar-refractivity contribution in [2.75, 3.05) is 4.90 Å². The molecule has 1 aliphatic carbocycles. The van der Waals surface area contributed by atoms with E-state index in [9.17, 15) is 4.79 Å². The van der Waals surface area contributed by atoms with Gasteiger partial charge in [0.25, 0.3) is 0 Å². The summed E-state index contributed by atoms with van der Waals surface area (Å²) < 4.78 is 6.17. The molecule has 196 valence electrons. The first-order valence-corrected chi connectivity index (χ1v) is 14.6. The lowest BCUT2D eigenvalue weighted by molar-refractivity contribution is 0.112. The fourth-order valence-electron chi connectivity index (χ4n) is 5.13. The molecule has 1 heterocycles. The van der Waals surface area contributed by atoms with Gasteiger partial charge in [-0.15, -0.1) is 11.3 Å². The van der Waals surface area contributed by atoms with Crippen molar-refractivity contribution in [1.82, 2.24) is 4.98 Å². The predicted octanol–water partition coefficient (Wildman–Crippen LogP) is 8.66. The summed E-state index contributed by atoms with van der Waals surface area (Å²) in [6.07, 6.45) is 7.63. The molecule has 4 nitrogen and oxygen atoms in total. The summed E-state index contributed by atoms with van der Waals surface area (Å²) in [7, 11) is 0. The molecular weight excluding hydrogens is 488 g/mol. The smallest absolute Gasteiger partial charge is 0.186 e. The Morgan fingerprint density at radius 3 is 2.42 bits per heavy atom. The quantitative estimate of drug-likeness (QED) is 0.195. The zero-order chi connectivity index (χ0) is 26.3. The summed E-state index contributed by atoms with van der Waals surface area (Å²) >= 11 is 1.65. The van der Waals surface area contributed by atoms with Gasteiger partial charge in [-0.05, 0) is 61.4 Å². The number of ether oxygens (including phenoxy) is 1. The van der Waals surface area contributed by atoms with E-state index in [0.29, 0.717) is 18.2 Å². The van der Waals surface area contributed by atoms with Gasteiger partial charge in [-0.3, -0.25) is 4.79 Å². The van der Waals surface area contributed by atoms with Crippen LogP contribution in [0.25, 0.3) is 11.3 Å². The summed E-state index contributed by atoms with van der Waals surface area (Å²) in [6, 6.07) is 25.3. The Morgan fingerprint density at radius 2 is 1.71 bits per heavy atom. The van der Waals surface area contributed by atoms with E-state index in [1.54, 1.807) is 11.3 Å². The van der Waals surface area contributed by atoms with Crippen molar-refractivity contribution in [3.63, 3.8) is 0 Å². The topological polar surface area (TPSA) is 42.4 Å². The van der Waals surface area contributed by atoms with Crippen molar-refractivity contribution < 1.29 is 9.53 Å². The Balaban J connectivity index is 1.23. The molecule has 5 rings (SSSR count). The van der Waals surface area contributed by atoms with Crippen LogP contribution >= 0.6 is 11.3 Å². The average Bonchev–Trinajstić information content (AvgIpc) is 3.46. The fraction of sp³-hybridized carbons (Fsp3) is 0.333. The second-order valence-corrected chi connectivity index (χ2v) is 11.3. The van der Waals surface area contributed by atoms with Crippen LogP contribution in [-0.4, -0.2) is 17.3 Å². The maximum atomic E-state index is 11.0. The predicted molar refractivity (Wildman–Crippen MR) is 157 cm³/mol. The largest absolute Gasteiger partial charge is 0.489 e. The van der Waals surface area contributed by atoms with Crippen LogP contribution in [0.4, 0.5) is 5.13 Å². The summed E-state index contributed by atoms with van der Waals surface area (Å²) in [5.41, 5.74) is 6.52. The van der Waals surface area contributed by atoms with Crippen LogP contribution in [0, 0.1) is 0 Å². The zero-order valence-electron chi connectivity index (χ0n) is 22.3. The van der Waals surface area contributed by atoms with Crippen molar-refractivity contribution in [2.24, 2.45) is 0 Å². The van der Waals surface area contributed by atoms with Crippen molar-refractivity contribution in [3.05, 3.63) is 100 Å². The number of benzene rings is 3. The molecule has 0 saturated heterocycles. The Bertz CT molecular complexity index is 1320. The fourth-order valence-corrected chi connectivity index (χ4v) is 6.10. The van der Waals surface area contributed by atoms with Crippen molar-refractivity contribution in [2.45, 2.75) is 71.1 Å². The van der Waals surface area contributed by atoms with Crippen LogP contribution in [0.5, 0.6) is 5.75 Å². The second kappa shape index (κ2) is 12.4. The summed E-state index contributed by atoms with van der Waals surface area (Å²) in [6.45, 7) is 5.65. The molecule has 0 atom stereocenters. The molecular formula is C33H36N2O2S. The second-order valence-electron chi connectivity index (χ2n) is 10.5. The van der Waals surface area contributed by atoms with Gasteiger partial charge in [0.1, 0.15) is 18.6 Å². The number of hydrogen-bond donors (Lipinski definition) is 0. The summed E-state index contributed by atoms with van der Waals surface area (Å²) in [4.78, 5) is 18.3. The van der Waals surface area contributed by atoms with Gasteiger partial charge in [-0.25, -0.2) is 4.98 Å². The zero-order valence-corrected chi connectivity index (χ0v) is 23.1. The molecule has 3 aromatic carbocycles. The van der Waals surface area contributed by atoms with E-state index in [2.05, 4.69) is 60.5 Å². The summed E-state index contributed by atoms with van der Waals surface area (Å²) in [5.74, 6) is 1.58. The van der Waals surface area contributed by atoms with Crippen LogP contribution in [0.15, 0.2) is 78.2 Å². The Hall–Kier alpha value is -3.44. The molecule has 1 saturated carbocycles. The molecule has 5 heteroatoms. The van der Waals surface area contributed by atoms with Crippen LogP contribution in [0.1, 0.15) is 78.9 Å². The number of carbonyl (C=O) groups is 1. The van der Waals surface area contributed by atoms with Crippen molar-refractivity contribution in [1.29, 1.82) is 0 Å². The monoisotopic (exact) mass is 524 g/mol. The van der Waals surface area contributed by atoms with E-state index in [4.69, 9.17) is 9.72 Å². The molecule has 38 heavy (non-hydrogen) atoms. The standard InChI is InChI=1S/C33H36N2O2S/c1-24(2)35(20-25-11-13-26(21-36)14-12-25)33-34-32(23-38-33)30-9-6-10-31(19-30)37-22-27-15-17-29(18-16-27)28-7-4-3-5-8-28/h6,9-19,21,23-24,28H,3-5,7-8,20,22H2,1-2H3. The van der Waals surface area contributed by atoms with Crippen LogP contribution < -0.4 is 9.64 Å². The Labute approximate surface area is 230 Å². The molecule has 1 aliphatic rings. The highest BCUT2D eigenvalue weighted by atomic mass is 32.1. The number of aldehydes is 1. The first-order valence-electron chi connectivity index (χ1n) is 13.7. The molecule has 0 amide bonds. The lowest BCUT2D eigenvalue weighted by Gasteiger charge is -2.26. The van der Waals surface area contributed by atoms with Crippen molar-refractivity contribution >= 4 is 22.8 Å². The minimum absolute atomic E-state index is 0.291. The van der Waals surface area contributed by atoms with Crippen molar-refractivity contribution in [3.8, 4) is 17.0 Å². The molecule has 0 bridgehead atoms. The van der Waals surface area contributed by atoms with E-state index in [0.717, 1.165) is 46.5 Å². The van der Waals surface area contributed by atoms with Gasteiger partial charge >= 0.3 is 0 Å². The number of rotatable bonds is 10. The highest BCUT2D eigenvalue weighted by Crippen LogP contribution is 2.33. The molecule has 0 aliphatic heterocycles. The normalized spacial score (nSPS) is 14.0. The van der Waals surface area contributed by atoms with E-state index in [1.807, 2.05) is 36.4 Å². The first kappa shape index (κ1) is 26.2. The SMILES string of the molecule is CC(C)N(Cc1ccc(C=O)cc1)c1nc(-c2cccc(OCc3ccc(C4CCCCC4)cc3)c2)cs1. The maximum Gasteiger partial charge on any atom is 0.186 e. The third kappa shape index (κ3) is 6.51. The number of aromatic nitrogens is 1. The van der Waals surface area contributed by atoms with Crippen LogP contribution in [0.2, 0.25) is 0 Å². The van der Waals surface area contributed by atoms with Crippen LogP contribution in [0.3, 0.4) is 0 Å². The third-order valence-electron chi connectivity index (χ3n) is 7.42. The van der Waals surface area contributed by atoms with Gasteiger partial charge in [0.2, 0.25) is 0 Å². The first-order chi connectivity index (χ1) is 18.6. The lowest BCUT2D eigenvalue weighted by Crippen LogP contribution is -2.30. The van der Waals surface area contributed by atoms with Gasteiger partial charge in [0.05, 0.1) is 5.69 Å². The van der Waals surface area contributed by atoms with E-state index < -0.39 is 0 Å². The van der Waals surface area contributed by atoms with E-state index >= 15 is 0 Å².